The number of likely N-dealkylation sites (N-methyl/N-ethyl adjacent to an activating group) is 1. The topological polar surface area (TPSA) is 40.6 Å². The molecule has 3 rings (SSSR count). The lowest BCUT2D eigenvalue weighted by atomic mass is 9.84. The Balaban J connectivity index is 2.05. The van der Waals surface area contributed by atoms with E-state index in [1.165, 1.54) is 11.9 Å². The number of nitrogens with zero attached hydrogens (tertiary/aromatic N) is 2. The number of alkyl halides is 1. The van der Waals surface area contributed by atoms with Crippen LogP contribution in [0.25, 0.3) is 5.57 Å². The Hall–Kier alpha value is -2.17. The van der Waals surface area contributed by atoms with E-state index in [4.69, 9.17) is 0 Å². The molecule has 0 N–H and O–H groups in total. The van der Waals surface area contributed by atoms with Crippen LogP contribution in [-0.4, -0.2) is 48.0 Å². The van der Waals surface area contributed by atoms with E-state index < -0.39 is 24.2 Å². The fourth-order valence-electron chi connectivity index (χ4n) is 3.13. The number of rotatable bonds is 1. The molecular weight excluding hydrogens is 271 g/mol. The van der Waals surface area contributed by atoms with Gasteiger partial charge in [0.1, 0.15) is 0 Å². The number of hydrogen-bond donors (Lipinski definition) is 0. The first kappa shape index (κ1) is 13.8. The molecule has 4 nitrogen and oxygen atoms in total. The second-order valence-corrected chi connectivity index (χ2v) is 5.49. The van der Waals surface area contributed by atoms with Gasteiger partial charge in [-0.15, -0.1) is 0 Å². The minimum absolute atomic E-state index is 0.470. The second-order valence-electron chi connectivity index (χ2n) is 5.49. The molecule has 5 heteroatoms. The summed E-state index contributed by atoms with van der Waals surface area (Å²) in [5, 5.41) is 0. The molecule has 0 radical (unpaired) electrons. The van der Waals surface area contributed by atoms with Crippen LogP contribution in [0.4, 0.5) is 9.18 Å². The van der Waals surface area contributed by atoms with Crippen molar-refractivity contribution >= 4 is 17.5 Å². The minimum Gasteiger partial charge on any atom is -0.317 e. The van der Waals surface area contributed by atoms with Gasteiger partial charge in [-0.25, -0.2) is 9.18 Å². The van der Waals surface area contributed by atoms with Gasteiger partial charge in [-0.1, -0.05) is 30.3 Å². The van der Waals surface area contributed by atoms with Crippen LogP contribution in [0.1, 0.15) is 17.5 Å². The molecule has 1 aliphatic heterocycles. The van der Waals surface area contributed by atoms with Crippen molar-refractivity contribution in [2.45, 2.75) is 25.1 Å². The number of imide groups is 1. The van der Waals surface area contributed by atoms with Crippen molar-refractivity contribution in [2.24, 2.45) is 0 Å². The first-order chi connectivity index (χ1) is 10.0. The van der Waals surface area contributed by atoms with E-state index in [1.54, 1.807) is 7.05 Å². The standard InChI is InChI=1S/C16H17FN2O2/c1-18-14(13(17)15(20)19(2)16(18)21)12-9-5-7-10-6-3-4-8-11(10)12/h3-4,6,8-9,13-14H,5,7H2,1-2H3/t13-,14+/m0/s1. The third-order valence-electron chi connectivity index (χ3n) is 4.27. The molecule has 1 aromatic rings. The highest BCUT2D eigenvalue weighted by Crippen LogP contribution is 2.35. The lowest BCUT2D eigenvalue weighted by molar-refractivity contribution is -0.137. The summed E-state index contributed by atoms with van der Waals surface area (Å²) < 4.78 is 14.6. The summed E-state index contributed by atoms with van der Waals surface area (Å²) in [6, 6.07) is 6.46. The van der Waals surface area contributed by atoms with E-state index in [0.29, 0.717) is 0 Å². The molecule has 0 spiro atoms. The van der Waals surface area contributed by atoms with Crippen molar-refractivity contribution in [3.8, 4) is 0 Å². The van der Waals surface area contributed by atoms with Crippen LogP contribution in [0.3, 0.4) is 0 Å². The van der Waals surface area contributed by atoms with E-state index in [-0.39, 0.29) is 0 Å². The Morgan fingerprint density at radius 1 is 1.19 bits per heavy atom. The number of benzene rings is 1. The van der Waals surface area contributed by atoms with E-state index in [9.17, 15) is 14.0 Å². The number of fused-ring (bicyclic) bond motifs is 1. The van der Waals surface area contributed by atoms with Gasteiger partial charge in [-0.2, -0.15) is 0 Å². The molecule has 1 aliphatic carbocycles. The Morgan fingerprint density at radius 2 is 1.90 bits per heavy atom. The number of aryl methyl sites for hydroxylation is 1. The Labute approximate surface area is 122 Å². The molecular formula is C16H17FN2O2. The van der Waals surface area contributed by atoms with E-state index in [1.807, 2.05) is 30.3 Å². The van der Waals surface area contributed by atoms with Gasteiger partial charge in [0, 0.05) is 14.1 Å². The SMILES string of the molecule is CN1C(=O)[C@@H](F)[C@@H](C2=CCCc3ccccc32)N(C)C1=O. The zero-order valence-corrected chi connectivity index (χ0v) is 12.0. The molecule has 0 unspecified atom stereocenters. The van der Waals surface area contributed by atoms with Crippen LogP contribution >= 0.6 is 0 Å². The molecule has 3 amide bonds. The highest BCUT2D eigenvalue weighted by atomic mass is 19.1. The van der Waals surface area contributed by atoms with Crippen molar-refractivity contribution in [3.05, 3.63) is 41.5 Å². The van der Waals surface area contributed by atoms with Crippen LogP contribution in [0.5, 0.6) is 0 Å². The van der Waals surface area contributed by atoms with Gasteiger partial charge in [0.2, 0.25) is 6.17 Å². The lowest BCUT2D eigenvalue weighted by Crippen LogP contribution is -2.60. The Kier molecular flexibility index (Phi) is 3.27. The highest BCUT2D eigenvalue weighted by molar-refractivity contribution is 6.02. The quantitative estimate of drug-likeness (QED) is 0.795. The fraction of sp³-hybridized carbons (Fsp3) is 0.375. The van der Waals surface area contributed by atoms with Gasteiger partial charge >= 0.3 is 6.03 Å². The Bertz CT molecular complexity index is 619. The summed E-state index contributed by atoms with van der Waals surface area (Å²) >= 11 is 0. The van der Waals surface area contributed by atoms with E-state index >= 15 is 0 Å². The van der Waals surface area contributed by atoms with Crippen molar-refractivity contribution in [1.82, 2.24) is 9.80 Å². The monoisotopic (exact) mass is 288 g/mol. The van der Waals surface area contributed by atoms with Gasteiger partial charge in [0.15, 0.2) is 0 Å². The van der Waals surface area contributed by atoms with Crippen molar-refractivity contribution in [2.75, 3.05) is 14.1 Å². The lowest BCUT2D eigenvalue weighted by Gasteiger charge is -2.40. The third-order valence-corrected chi connectivity index (χ3v) is 4.27. The predicted octanol–water partition coefficient (Wildman–Crippen LogP) is 2.25. The summed E-state index contributed by atoms with van der Waals surface area (Å²) in [5.41, 5.74) is 2.81. The maximum Gasteiger partial charge on any atom is 0.326 e. The number of amides is 3. The predicted molar refractivity (Wildman–Crippen MR) is 77.4 cm³/mol. The summed E-state index contributed by atoms with van der Waals surface area (Å²) in [5.74, 6) is -0.771. The van der Waals surface area contributed by atoms with Crippen LogP contribution in [0.2, 0.25) is 0 Å². The molecule has 1 aromatic carbocycles. The molecule has 21 heavy (non-hydrogen) atoms. The molecule has 2 atom stereocenters. The largest absolute Gasteiger partial charge is 0.326 e. The van der Waals surface area contributed by atoms with Gasteiger partial charge in [0.25, 0.3) is 5.91 Å². The van der Waals surface area contributed by atoms with Gasteiger partial charge in [-0.3, -0.25) is 9.69 Å². The molecule has 2 aliphatic rings. The Morgan fingerprint density at radius 3 is 2.67 bits per heavy atom. The minimum atomic E-state index is -1.73. The molecule has 0 aromatic heterocycles. The fourth-order valence-corrected chi connectivity index (χ4v) is 3.13. The normalized spacial score (nSPS) is 25.8. The summed E-state index contributed by atoms with van der Waals surface area (Å²) in [6.07, 6.45) is 1.91. The molecule has 1 saturated heterocycles. The summed E-state index contributed by atoms with van der Waals surface area (Å²) in [7, 11) is 2.85. The first-order valence-electron chi connectivity index (χ1n) is 6.99. The van der Waals surface area contributed by atoms with E-state index in [0.717, 1.165) is 34.4 Å². The van der Waals surface area contributed by atoms with Crippen LogP contribution in [-0.2, 0) is 11.2 Å². The molecule has 0 bridgehead atoms. The van der Waals surface area contributed by atoms with Crippen LogP contribution in [0, 0.1) is 0 Å². The van der Waals surface area contributed by atoms with Crippen molar-refractivity contribution in [3.63, 3.8) is 0 Å². The zero-order valence-electron chi connectivity index (χ0n) is 12.0. The number of halogens is 1. The second kappa shape index (κ2) is 4.98. The average Bonchev–Trinajstić information content (AvgIpc) is 2.51. The number of allylic oxidation sites excluding steroid dienone is 1. The van der Waals surface area contributed by atoms with Crippen LogP contribution in [0.15, 0.2) is 30.3 Å². The number of urea groups is 1. The van der Waals surface area contributed by atoms with Gasteiger partial charge < -0.3 is 4.90 Å². The number of carbonyl (C=O) groups excluding carboxylic acids is 2. The number of hydrogen-bond acceptors (Lipinski definition) is 2. The zero-order chi connectivity index (χ0) is 15.1. The van der Waals surface area contributed by atoms with Gasteiger partial charge in [-0.05, 0) is 29.5 Å². The first-order valence-corrected chi connectivity index (χ1v) is 6.99. The third kappa shape index (κ3) is 2.04. The maximum absolute atomic E-state index is 14.6. The summed E-state index contributed by atoms with van der Waals surface area (Å²) in [6.45, 7) is 0. The smallest absolute Gasteiger partial charge is 0.317 e. The molecule has 1 heterocycles. The van der Waals surface area contributed by atoms with E-state index in [2.05, 4.69) is 0 Å². The van der Waals surface area contributed by atoms with Crippen molar-refractivity contribution < 1.29 is 14.0 Å². The summed E-state index contributed by atoms with van der Waals surface area (Å²) in [4.78, 5) is 26.2. The van der Waals surface area contributed by atoms with Crippen molar-refractivity contribution in [1.29, 1.82) is 0 Å². The molecule has 1 fully saturated rings. The van der Waals surface area contributed by atoms with Crippen LogP contribution < -0.4 is 0 Å². The average molecular weight is 288 g/mol. The van der Waals surface area contributed by atoms with Gasteiger partial charge in [0.05, 0.1) is 6.04 Å². The maximum atomic E-state index is 14.6. The highest BCUT2D eigenvalue weighted by Gasteiger charge is 2.45. The molecule has 110 valence electrons. The number of carbonyl (C=O) groups is 2. The molecule has 0 saturated carbocycles.